The summed E-state index contributed by atoms with van der Waals surface area (Å²) in [6, 6.07) is 0.208. The Balaban J connectivity index is 1.33. The minimum Gasteiger partial charge on any atom is -0.390 e. The Bertz CT molecular complexity index is 531. The van der Waals surface area contributed by atoms with Crippen LogP contribution in [-0.4, -0.2) is 32.8 Å². The van der Waals surface area contributed by atoms with E-state index in [9.17, 15) is 9.90 Å². The van der Waals surface area contributed by atoms with Crippen molar-refractivity contribution in [2.75, 3.05) is 0 Å². The van der Waals surface area contributed by atoms with Crippen LogP contribution in [-0.2, 0) is 11.2 Å². The van der Waals surface area contributed by atoms with Gasteiger partial charge in [-0.25, -0.2) is 0 Å². The molecule has 6 heteroatoms. The second-order valence-corrected chi connectivity index (χ2v) is 7.09. The number of carbonyl (C=O) groups is 1. The minimum atomic E-state index is -0.515. The molecule has 0 unspecified atom stereocenters. The van der Waals surface area contributed by atoms with E-state index in [0.29, 0.717) is 24.7 Å². The van der Waals surface area contributed by atoms with Crippen LogP contribution in [0.3, 0.4) is 0 Å². The van der Waals surface area contributed by atoms with Crippen LogP contribution in [0, 0.1) is 0 Å². The van der Waals surface area contributed by atoms with Gasteiger partial charge in [0.25, 0.3) is 0 Å². The number of amides is 1. The molecule has 1 heterocycles. The van der Waals surface area contributed by atoms with Gasteiger partial charge in [0.1, 0.15) is 0 Å². The van der Waals surface area contributed by atoms with Crippen LogP contribution in [0.15, 0.2) is 4.52 Å². The van der Waals surface area contributed by atoms with E-state index in [-0.39, 0.29) is 11.9 Å². The molecule has 128 valence electrons. The number of hydrogen-bond acceptors (Lipinski definition) is 5. The quantitative estimate of drug-likeness (QED) is 0.805. The van der Waals surface area contributed by atoms with Crippen LogP contribution < -0.4 is 5.32 Å². The van der Waals surface area contributed by atoms with Gasteiger partial charge in [0.2, 0.25) is 11.8 Å². The molecule has 3 rings (SSSR count). The Kier molecular flexibility index (Phi) is 4.99. The van der Waals surface area contributed by atoms with E-state index in [1.807, 2.05) is 6.92 Å². The Morgan fingerprint density at radius 3 is 2.74 bits per heavy atom. The first-order valence-corrected chi connectivity index (χ1v) is 8.92. The number of aromatic nitrogens is 2. The van der Waals surface area contributed by atoms with Crippen molar-refractivity contribution in [3.63, 3.8) is 0 Å². The fraction of sp³-hybridized carbons (Fsp3) is 0.824. The maximum Gasteiger partial charge on any atom is 0.226 e. The Morgan fingerprint density at radius 1 is 1.35 bits per heavy atom. The SMILES string of the molecule is CCC1(O)CCC(NC(=O)CCCc2nc(C3CC3)no2)CC1. The number of nitrogens with zero attached hydrogens (tertiary/aromatic N) is 2. The molecule has 2 fully saturated rings. The maximum absolute atomic E-state index is 12.0. The molecule has 2 aliphatic rings. The van der Waals surface area contributed by atoms with Crippen LogP contribution >= 0.6 is 0 Å². The molecule has 0 saturated heterocycles. The van der Waals surface area contributed by atoms with Crippen molar-refractivity contribution in [1.29, 1.82) is 0 Å². The van der Waals surface area contributed by atoms with E-state index in [4.69, 9.17) is 4.52 Å². The molecular weight excluding hydrogens is 294 g/mol. The smallest absolute Gasteiger partial charge is 0.226 e. The molecule has 0 bridgehead atoms. The van der Waals surface area contributed by atoms with Gasteiger partial charge in [-0.2, -0.15) is 4.98 Å². The van der Waals surface area contributed by atoms with Crippen LogP contribution in [0.5, 0.6) is 0 Å². The van der Waals surface area contributed by atoms with Crippen LogP contribution in [0.2, 0.25) is 0 Å². The second-order valence-electron chi connectivity index (χ2n) is 7.09. The van der Waals surface area contributed by atoms with Gasteiger partial charge in [-0.15, -0.1) is 0 Å². The summed E-state index contributed by atoms with van der Waals surface area (Å²) in [6.07, 6.45) is 8.27. The predicted octanol–water partition coefficient (Wildman–Crippen LogP) is 2.47. The number of hydrogen-bond donors (Lipinski definition) is 2. The minimum absolute atomic E-state index is 0.0823. The van der Waals surface area contributed by atoms with Gasteiger partial charge in [0.05, 0.1) is 5.60 Å². The van der Waals surface area contributed by atoms with Crippen molar-refractivity contribution < 1.29 is 14.4 Å². The van der Waals surface area contributed by atoms with E-state index >= 15 is 0 Å². The number of aryl methyl sites for hydroxylation is 1. The standard InChI is InChI=1S/C17H27N3O3/c1-2-17(22)10-8-13(9-11-17)18-14(21)4-3-5-15-19-16(20-23-15)12-6-7-12/h12-13,22H,2-11H2,1H3,(H,18,21). The summed E-state index contributed by atoms with van der Waals surface area (Å²) in [5.41, 5.74) is -0.515. The molecule has 2 aliphatic carbocycles. The van der Waals surface area contributed by atoms with Crippen LogP contribution in [0.1, 0.15) is 82.3 Å². The molecule has 6 nitrogen and oxygen atoms in total. The van der Waals surface area contributed by atoms with Gasteiger partial charge in [-0.1, -0.05) is 12.1 Å². The Labute approximate surface area is 137 Å². The molecule has 23 heavy (non-hydrogen) atoms. The largest absolute Gasteiger partial charge is 0.390 e. The summed E-state index contributed by atoms with van der Waals surface area (Å²) >= 11 is 0. The highest BCUT2D eigenvalue weighted by molar-refractivity contribution is 5.76. The summed E-state index contributed by atoms with van der Waals surface area (Å²) in [5, 5.41) is 17.3. The van der Waals surface area contributed by atoms with Crippen molar-refractivity contribution in [1.82, 2.24) is 15.5 Å². The Hall–Kier alpha value is -1.43. The summed E-state index contributed by atoms with van der Waals surface area (Å²) < 4.78 is 5.21. The predicted molar refractivity (Wildman–Crippen MR) is 84.9 cm³/mol. The second kappa shape index (κ2) is 6.99. The first kappa shape index (κ1) is 16.4. The molecule has 2 saturated carbocycles. The molecule has 0 aromatic carbocycles. The van der Waals surface area contributed by atoms with E-state index < -0.39 is 5.60 Å². The summed E-state index contributed by atoms with van der Waals surface area (Å²) in [4.78, 5) is 16.4. The first-order valence-electron chi connectivity index (χ1n) is 8.92. The lowest BCUT2D eigenvalue weighted by atomic mass is 9.80. The molecule has 2 N–H and O–H groups in total. The zero-order valence-corrected chi connectivity index (χ0v) is 13.9. The Morgan fingerprint density at radius 2 is 2.09 bits per heavy atom. The topological polar surface area (TPSA) is 88.2 Å². The molecule has 1 aromatic rings. The van der Waals surface area contributed by atoms with Crippen molar-refractivity contribution in [3.8, 4) is 0 Å². The highest BCUT2D eigenvalue weighted by Crippen LogP contribution is 2.38. The zero-order valence-electron chi connectivity index (χ0n) is 13.9. The monoisotopic (exact) mass is 321 g/mol. The summed E-state index contributed by atoms with van der Waals surface area (Å²) in [7, 11) is 0. The molecule has 0 spiro atoms. The third-order valence-electron chi connectivity index (χ3n) is 5.16. The first-order chi connectivity index (χ1) is 11.1. The average Bonchev–Trinajstić information content (AvgIpc) is 3.29. The number of nitrogens with one attached hydrogen (secondary N) is 1. The lowest BCUT2D eigenvalue weighted by Crippen LogP contribution is -2.43. The third kappa shape index (κ3) is 4.53. The van der Waals surface area contributed by atoms with Crippen LogP contribution in [0.25, 0.3) is 0 Å². The lowest BCUT2D eigenvalue weighted by Gasteiger charge is -2.35. The highest BCUT2D eigenvalue weighted by Gasteiger charge is 2.32. The van der Waals surface area contributed by atoms with Gasteiger partial charge in [0.15, 0.2) is 5.82 Å². The van der Waals surface area contributed by atoms with E-state index in [1.54, 1.807) is 0 Å². The van der Waals surface area contributed by atoms with Gasteiger partial charge in [-0.3, -0.25) is 4.79 Å². The molecule has 0 atom stereocenters. The van der Waals surface area contributed by atoms with Gasteiger partial charge in [0, 0.05) is 24.8 Å². The average molecular weight is 321 g/mol. The molecule has 1 amide bonds. The van der Waals surface area contributed by atoms with E-state index in [2.05, 4.69) is 15.5 Å². The van der Waals surface area contributed by atoms with Gasteiger partial charge in [-0.05, 0) is 51.4 Å². The molecule has 0 radical (unpaired) electrons. The normalized spacial score (nSPS) is 27.8. The van der Waals surface area contributed by atoms with Crippen LogP contribution in [0.4, 0.5) is 0 Å². The molecule has 1 aromatic heterocycles. The van der Waals surface area contributed by atoms with Crippen molar-refractivity contribution in [2.45, 2.75) is 88.7 Å². The third-order valence-corrected chi connectivity index (χ3v) is 5.16. The molecule has 0 aliphatic heterocycles. The highest BCUT2D eigenvalue weighted by atomic mass is 16.5. The number of rotatable bonds is 7. The van der Waals surface area contributed by atoms with Gasteiger partial charge >= 0.3 is 0 Å². The van der Waals surface area contributed by atoms with Crippen molar-refractivity contribution >= 4 is 5.91 Å². The summed E-state index contributed by atoms with van der Waals surface area (Å²) in [5.74, 6) is 2.06. The van der Waals surface area contributed by atoms with E-state index in [0.717, 1.165) is 57.2 Å². The molecular formula is C17H27N3O3. The lowest BCUT2D eigenvalue weighted by molar-refractivity contribution is -0.122. The van der Waals surface area contributed by atoms with Crippen molar-refractivity contribution in [3.05, 3.63) is 11.7 Å². The number of carbonyl (C=O) groups excluding carboxylic acids is 1. The van der Waals surface area contributed by atoms with Crippen molar-refractivity contribution in [2.24, 2.45) is 0 Å². The van der Waals surface area contributed by atoms with Gasteiger partial charge < -0.3 is 14.9 Å². The fourth-order valence-electron chi connectivity index (χ4n) is 3.23. The fourth-order valence-corrected chi connectivity index (χ4v) is 3.23. The number of aliphatic hydroxyl groups is 1. The zero-order chi connectivity index (χ0) is 16.3. The van der Waals surface area contributed by atoms with E-state index in [1.165, 1.54) is 0 Å². The summed E-state index contributed by atoms with van der Waals surface area (Å²) in [6.45, 7) is 2.02. The maximum atomic E-state index is 12.0.